The lowest BCUT2D eigenvalue weighted by atomic mass is 10.2. The normalized spacial score (nSPS) is 24.9. The van der Waals surface area contributed by atoms with Crippen LogP contribution in [0.25, 0.3) is 0 Å². The molecule has 0 aromatic rings. The van der Waals surface area contributed by atoms with Crippen molar-refractivity contribution in [3.63, 3.8) is 0 Å². The maximum absolute atomic E-state index is 12.1. The fourth-order valence-electron chi connectivity index (χ4n) is 2.08. The summed E-state index contributed by atoms with van der Waals surface area (Å²) >= 11 is 1.84. The van der Waals surface area contributed by atoms with Crippen LogP contribution in [-0.4, -0.2) is 65.4 Å². The van der Waals surface area contributed by atoms with Crippen molar-refractivity contribution in [2.24, 2.45) is 0 Å². The SMILES string of the molecule is COCCC(NC(=O)N1CC(C)SC(C)C1)C(=O)O. The zero-order chi connectivity index (χ0) is 14.4. The minimum absolute atomic E-state index is 0.269. The molecule has 0 aromatic heterocycles. The summed E-state index contributed by atoms with van der Waals surface area (Å²) in [6.07, 6.45) is 0.269. The van der Waals surface area contributed by atoms with E-state index in [1.165, 1.54) is 7.11 Å². The molecule has 1 aliphatic rings. The van der Waals surface area contributed by atoms with Gasteiger partial charge in [0.1, 0.15) is 6.04 Å². The second kappa shape index (κ2) is 7.59. The van der Waals surface area contributed by atoms with Gasteiger partial charge in [-0.2, -0.15) is 11.8 Å². The van der Waals surface area contributed by atoms with Crippen molar-refractivity contribution < 1.29 is 19.4 Å². The molecular weight excluding hydrogens is 268 g/mol. The number of carbonyl (C=O) groups is 2. The number of amides is 2. The summed E-state index contributed by atoms with van der Waals surface area (Å²) in [4.78, 5) is 24.8. The molecule has 0 bridgehead atoms. The van der Waals surface area contributed by atoms with Crippen molar-refractivity contribution in [1.29, 1.82) is 0 Å². The lowest BCUT2D eigenvalue weighted by Gasteiger charge is -2.35. The van der Waals surface area contributed by atoms with Crippen molar-refractivity contribution in [2.75, 3.05) is 26.8 Å². The minimum Gasteiger partial charge on any atom is -0.480 e. The van der Waals surface area contributed by atoms with E-state index in [0.717, 1.165) is 0 Å². The van der Waals surface area contributed by atoms with Gasteiger partial charge in [-0.25, -0.2) is 9.59 Å². The molecule has 1 saturated heterocycles. The van der Waals surface area contributed by atoms with Gasteiger partial charge in [-0.1, -0.05) is 13.8 Å². The highest BCUT2D eigenvalue weighted by Crippen LogP contribution is 2.24. The molecule has 2 N–H and O–H groups in total. The maximum atomic E-state index is 12.1. The summed E-state index contributed by atoms with van der Waals surface area (Å²) < 4.78 is 4.85. The van der Waals surface area contributed by atoms with E-state index in [2.05, 4.69) is 19.2 Å². The topological polar surface area (TPSA) is 78.9 Å². The molecule has 0 radical (unpaired) electrons. The minimum atomic E-state index is -1.03. The summed E-state index contributed by atoms with van der Waals surface area (Å²) in [5.41, 5.74) is 0. The highest BCUT2D eigenvalue weighted by Gasteiger charge is 2.28. The van der Waals surface area contributed by atoms with Crippen LogP contribution in [0, 0.1) is 0 Å². The van der Waals surface area contributed by atoms with Gasteiger partial charge >= 0.3 is 12.0 Å². The van der Waals surface area contributed by atoms with Crippen LogP contribution in [0.1, 0.15) is 20.3 Å². The number of ether oxygens (including phenoxy) is 1. The molecule has 3 unspecified atom stereocenters. The van der Waals surface area contributed by atoms with Gasteiger partial charge in [-0.15, -0.1) is 0 Å². The second-order valence-electron chi connectivity index (χ2n) is 4.78. The molecule has 3 atom stereocenters. The fraction of sp³-hybridized carbons (Fsp3) is 0.833. The number of thioether (sulfide) groups is 1. The molecule has 1 rings (SSSR count). The average molecular weight is 290 g/mol. The number of hydrogen-bond acceptors (Lipinski definition) is 4. The molecular formula is C12H22N2O4S. The molecule has 110 valence electrons. The first-order valence-corrected chi connectivity index (χ1v) is 7.31. The zero-order valence-corrected chi connectivity index (χ0v) is 12.4. The standard InChI is InChI=1S/C12H22N2O4S/c1-8-6-14(7-9(2)19-8)12(17)13-10(11(15)16)4-5-18-3/h8-10H,4-7H2,1-3H3,(H,13,17)(H,15,16). The Kier molecular flexibility index (Phi) is 6.44. The summed E-state index contributed by atoms with van der Waals surface area (Å²) in [5.74, 6) is -1.03. The number of methoxy groups -OCH3 is 1. The highest BCUT2D eigenvalue weighted by molar-refractivity contribution is 8.00. The Balaban J connectivity index is 2.53. The summed E-state index contributed by atoms with van der Waals surface area (Å²) in [5, 5.41) is 12.4. The van der Waals surface area contributed by atoms with E-state index in [1.54, 1.807) is 4.90 Å². The number of rotatable bonds is 5. The van der Waals surface area contributed by atoms with Crippen LogP contribution in [0.4, 0.5) is 4.79 Å². The molecule has 0 aliphatic carbocycles. The summed E-state index contributed by atoms with van der Waals surface area (Å²) in [7, 11) is 1.51. The predicted molar refractivity (Wildman–Crippen MR) is 74.5 cm³/mol. The Labute approximate surface area is 117 Å². The first-order valence-electron chi connectivity index (χ1n) is 6.36. The van der Waals surface area contributed by atoms with Crippen LogP contribution in [0.5, 0.6) is 0 Å². The van der Waals surface area contributed by atoms with E-state index in [-0.39, 0.29) is 12.5 Å². The molecule has 0 saturated carbocycles. The van der Waals surface area contributed by atoms with Crippen LogP contribution in [0.3, 0.4) is 0 Å². The summed E-state index contributed by atoms with van der Waals surface area (Å²) in [6, 6.07) is -1.20. The Morgan fingerprint density at radius 2 is 2.00 bits per heavy atom. The van der Waals surface area contributed by atoms with Gasteiger partial charge in [0.05, 0.1) is 0 Å². The van der Waals surface area contributed by atoms with Gasteiger partial charge in [-0.05, 0) is 0 Å². The molecule has 7 heteroatoms. The number of hydrogen-bond donors (Lipinski definition) is 2. The van der Waals surface area contributed by atoms with Crippen LogP contribution in [0.15, 0.2) is 0 Å². The molecule has 0 aromatic carbocycles. The second-order valence-corrected chi connectivity index (χ2v) is 6.67. The third-order valence-electron chi connectivity index (χ3n) is 2.91. The molecule has 1 aliphatic heterocycles. The smallest absolute Gasteiger partial charge is 0.326 e. The number of urea groups is 1. The van der Waals surface area contributed by atoms with Gasteiger partial charge in [0, 0.05) is 43.7 Å². The number of carbonyl (C=O) groups excluding carboxylic acids is 1. The van der Waals surface area contributed by atoms with E-state index in [1.807, 2.05) is 11.8 Å². The Morgan fingerprint density at radius 3 is 2.47 bits per heavy atom. The maximum Gasteiger partial charge on any atom is 0.326 e. The monoisotopic (exact) mass is 290 g/mol. The Bertz CT molecular complexity index is 317. The molecule has 1 heterocycles. The number of carboxylic acids is 1. The van der Waals surface area contributed by atoms with Crippen LogP contribution < -0.4 is 5.32 Å². The van der Waals surface area contributed by atoms with Gasteiger partial charge in [0.25, 0.3) is 0 Å². The molecule has 0 spiro atoms. The van der Waals surface area contributed by atoms with Gasteiger partial charge in [0.2, 0.25) is 0 Å². The molecule has 19 heavy (non-hydrogen) atoms. The number of carboxylic acid groups (broad SMARTS) is 1. The fourth-order valence-corrected chi connectivity index (χ4v) is 3.40. The van der Waals surface area contributed by atoms with E-state index >= 15 is 0 Å². The zero-order valence-electron chi connectivity index (χ0n) is 11.6. The van der Waals surface area contributed by atoms with Crippen LogP contribution in [-0.2, 0) is 9.53 Å². The first kappa shape index (κ1) is 16.1. The van der Waals surface area contributed by atoms with E-state index in [9.17, 15) is 9.59 Å². The van der Waals surface area contributed by atoms with Gasteiger partial charge < -0.3 is 20.1 Å². The number of aliphatic carboxylic acids is 1. The molecule has 1 fully saturated rings. The number of nitrogens with one attached hydrogen (secondary N) is 1. The van der Waals surface area contributed by atoms with Crippen molar-refractivity contribution in [1.82, 2.24) is 10.2 Å². The summed E-state index contributed by atoms with van der Waals surface area (Å²) in [6.45, 7) is 5.75. The predicted octanol–water partition coefficient (Wildman–Crippen LogP) is 1.01. The largest absolute Gasteiger partial charge is 0.480 e. The Hall–Kier alpha value is -0.950. The lowest BCUT2D eigenvalue weighted by Crippen LogP contribution is -2.52. The quantitative estimate of drug-likeness (QED) is 0.790. The van der Waals surface area contributed by atoms with E-state index in [4.69, 9.17) is 9.84 Å². The van der Waals surface area contributed by atoms with Crippen molar-refractivity contribution in [3.05, 3.63) is 0 Å². The van der Waals surface area contributed by atoms with Crippen molar-refractivity contribution >= 4 is 23.8 Å². The van der Waals surface area contributed by atoms with Crippen LogP contribution in [0.2, 0.25) is 0 Å². The van der Waals surface area contributed by atoms with Crippen molar-refractivity contribution in [2.45, 2.75) is 36.8 Å². The van der Waals surface area contributed by atoms with Gasteiger partial charge in [-0.3, -0.25) is 0 Å². The third kappa shape index (κ3) is 5.28. The van der Waals surface area contributed by atoms with Gasteiger partial charge in [0.15, 0.2) is 0 Å². The first-order chi connectivity index (χ1) is 8.93. The van der Waals surface area contributed by atoms with E-state index in [0.29, 0.717) is 30.2 Å². The molecule has 6 nitrogen and oxygen atoms in total. The third-order valence-corrected chi connectivity index (χ3v) is 4.14. The van der Waals surface area contributed by atoms with Crippen LogP contribution >= 0.6 is 11.8 Å². The number of nitrogens with zero attached hydrogens (tertiary/aromatic N) is 1. The highest BCUT2D eigenvalue weighted by atomic mass is 32.2. The lowest BCUT2D eigenvalue weighted by molar-refractivity contribution is -0.139. The average Bonchev–Trinajstić information content (AvgIpc) is 2.32. The van der Waals surface area contributed by atoms with Crippen molar-refractivity contribution in [3.8, 4) is 0 Å². The molecule has 2 amide bonds. The Morgan fingerprint density at radius 1 is 1.42 bits per heavy atom. The van der Waals surface area contributed by atoms with E-state index < -0.39 is 12.0 Å².